The second-order valence-electron chi connectivity index (χ2n) is 4.78. The average molecular weight is 254 g/mol. The van der Waals surface area contributed by atoms with Gasteiger partial charge >= 0.3 is 5.97 Å². The summed E-state index contributed by atoms with van der Waals surface area (Å²) in [5, 5.41) is 0. The molecule has 0 radical (unpaired) electrons. The number of ether oxygens (including phenoxy) is 1. The van der Waals surface area contributed by atoms with E-state index in [1.807, 2.05) is 25.1 Å². The van der Waals surface area contributed by atoms with Gasteiger partial charge in [0.25, 0.3) is 0 Å². The molecule has 0 spiro atoms. The molecule has 2 aromatic carbocycles. The smallest absolute Gasteiger partial charge is 0.311 e. The molecule has 2 rings (SSSR count). The summed E-state index contributed by atoms with van der Waals surface area (Å²) in [6, 6.07) is 15.7. The topological polar surface area (TPSA) is 26.3 Å². The summed E-state index contributed by atoms with van der Waals surface area (Å²) in [4.78, 5) is 11.7. The SMILES string of the molecule is Cc1ccc(CCC(=O)Oc2cccc(C)c2)cc1. The van der Waals surface area contributed by atoms with Crippen LogP contribution in [0.1, 0.15) is 23.1 Å². The Morgan fingerprint density at radius 1 is 1.00 bits per heavy atom. The summed E-state index contributed by atoms with van der Waals surface area (Å²) in [6.07, 6.45) is 1.11. The van der Waals surface area contributed by atoms with Crippen molar-refractivity contribution in [2.24, 2.45) is 0 Å². The zero-order chi connectivity index (χ0) is 13.7. The van der Waals surface area contributed by atoms with Crippen molar-refractivity contribution < 1.29 is 9.53 Å². The van der Waals surface area contributed by atoms with E-state index in [2.05, 4.69) is 31.2 Å². The monoisotopic (exact) mass is 254 g/mol. The Labute approximate surface area is 114 Å². The van der Waals surface area contributed by atoms with Crippen LogP contribution in [0.25, 0.3) is 0 Å². The fraction of sp³-hybridized carbons (Fsp3) is 0.235. The number of aryl methyl sites for hydroxylation is 3. The van der Waals surface area contributed by atoms with Gasteiger partial charge in [-0.05, 0) is 43.5 Å². The highest BCUT2D eigenvalue weighted by Gasteiger charge is 2.05. The summed E-state index contributed by atoms with van der Waals surface area (Å²) in [5.41, 5.74) is 3.47. The molecule has 0 heterocycles. The minimum Gasteiger partial charge on any atom is -0.427 e. The van der Waals surface area contributed by atoms with E-state index in [0.717, 1.165) is 11.1 Å². The number of carbonyl (C=O) groups is 1. The molecule has 19 heavy (non-hydrogen) atoms. The molecule has 2 nitrogen and oxygen atoms in total. The van der Waals surface area contributed by atoms with Gasteiger partial charge in [0.1, 0.15) is 5.75 Å². The molecular formula is C17H18O2. The van der Waals surface area contributed by atoms with Crippen LogP contribution in [0.15, 0.2) is 48.5 Å². The van der Waals surface area contributed by atoms with Gasteiger partial charge in [0.2, 0.25) is 0 Å². The minimum atomic E-state index is -0.189. The van der Waals surface area contributed by atoms with Gasteiger partial charge in [0.15, 0.2) is 0 Å². The van der Waals surface area contributed by atoms with E-state index in [0.29, 0.717) is 18.6 Å². The first-order valence-electron chi connectivity index (χ1n) is 6.46. The maximum Gasteiger partial charge on any atom is 0.311 e. The molecule has 2 heteroatoms. The van der Waals surface area contributed by atoms with E-state index < -0.39 is 0 Å². The fourth-order valence-corrected chi connectivity index (χ4v) is 1.86. The number of esters is 1. The Hall–Kier alpha value is -2.09. The number of rotatable bonds is 4. The zero-order valence-electron chi connectivity index (χ0n) is 11.3. The Bertz CT molecular complexity index is 556. The van der Waals surface area contributed by atoms with Crippen LogP contribution in [0.4, 0.5) is 0 Å². The van der Waals surface area contributed by atoms with Crippen LogP contribution in [-0.2, 0) is 11.2 Å². The molecule has 0 aliphatic rings. The molecular weight excluding hydrogens is 236 g/mol. The summed E-state index contributed by atoms with van der Waals surface area (Å²) in [6.45, 7) is 4.03. The molecule has 0 bridgehead atoms. The van der Waals surface area contributed by atoms with E-state index in [9.17, 15) is 4.79 Å². The predicted molar refractivity (Wildman–Crippen MR) is 76.3 cm³/mol. The quantitative estimate of drug-likeness (QED) is 0.612. The standard InChI is InChI=1S/C17H18O2/c1-13-6-8-15(9-7-13)10-11-17(18)19-16-5-3-4-14(2)12-16/h3-9,12H,10-11H2,1-2H3. The third-order valence-electron chi connectivity index (χ3n) is 2.96. The van der Waals surface area contributed by atoms with Gasteiger partial charge in [-0.1, -0.05) is 42.0 Å². The van der Waals surface area contributed by atoms with E-state index in [-0.39, 0.29) is 5.97 Å². The highest BCUT2D eigenvalue weighted by atomic mass is 16.5. The van der Waals surface area contributed by atoms with Crippen molar-refractivity contribution in [2.75, 3.05) is 0 Å². The van der Waals surface area contributed by atoms with Crippen LogP contribution >= 0.6 is 0 Å². The molecule has 0 aliphatic carbocycles. The van der Waals surface area contributed by atoms with Crippen LogP contribution < -0.4 is 4.74 Å². The Morgan fingerprint density at radius 3 is 2.42 bits per heavy atom. The summed E-state index contributed by atoms with van der Waals surface area (Å²) in [5.74, 6) is 0.431. The normalized spacial score (nSPS) is 10.2. The lowest BCUT2D eigenvalue weighted by Crippen LogP contribution is -2.09. The van der Waals surface area contributed by atoms with Crippen molar-refractivity contribution in [3.8, 4) is 5.75 Å². The summed E-state index contributed by atoms with van der Waals surface area (Å²) >= 11 is 0. The number of benzene rings is 2. The van der Waals surface area contributed by atoms with Crippen molar-refractivity contribution in [2.45, 2.75) is 26.7 Å². The van der Waals surface area contributed by atoms with Crippen molar-refractivity contribution >= 4 is 5.97 Å². The molecule has 2 aromatic rings. The molecule has 0 aromatic heterocycles. The van der Waals surface area contributed by atoms with Crippen molar-refractivity contribution in [3.05, 3.63) is 65.2 Å². The highest BCUT2D eigenvalue weighted by Crippen LogP contribution is 2.14. The second-order valence-corrected chi connectivity index (χ2v) is 4.78. The molecule has 0 fully saturated rings. The van der Waals surface area contributed by atoms with Crippen molar-refractivity contribution in [1.82, 2.24) is 0 Å². The van der Waals surface area contributed by atoms with Gasteiger partial charge in [0.05, 0.1) is 0 Å². The second kappa shape index (κ2) is 6.19. The third kappa shape index (κ3) is 4.25. The Balaban J connectivity index is 1.86. The lowest BCUT2D eigenvalue weighted by atomic mass is 10.1. The summed E-state index contributed by atoms with van der Waals surface area (Å²) in [7, 11) is 0. The minimum absolute atomic E-state index is 0.189. The molecule has 0 atom stereocenters. The Morgan fingerprint density at radius 2 is 1.74 bits per heavy atom. The van der Waals surface area contributed by atoms with Gasteiger partial charge in [-0.25, -0.2) is 0 Å². The molecule has 0 saturated heterocycles. The maximum absolute atomic E-state index is 11.7. The molecule has 98 valence electrons. The molecule has 0 amide bonds. The van der Waals surface area contributed by atoms with Crippen LogP contribution in [0.2, 0.25) is 0 Å². The lowest BCUT2D eigenvalue weighted by Gasteiger charge is -2.05. The zero-order valence-corrected chi connectivity index (χ0v) is 11.3. The van der Waals surface area contributed by atoms with Crippen molar-refractivity contribution in [3.63, 3.8) is 0 Å². The van der Waals surface area contributed by atoms with Crippen molar-refractivity contribution in [1.29, 1.82) is 0 Å². The van der Waals surface area contributed by atoms with E-state index in [1.54, 1.807) is 6.07 Å². The van der Waals surface area contributed by atoms with Crippen LogP contribution in [0, 0.1) is 13.8 Å². The number of hydrogen-bond acceptors (Lipinski definition) is 2. The van der Waals surface area contributed by atoms with Gasteiger partial charge in [-0.2, -0.15) is 0 Å². The first-order chi connectivity index (χ1) is 9.13. The molecule has 0 saturated carbocycles. The van der Waals surface area contributed by atoms with Gasteiger partial charge in [-0.15, -0.1) is 0 Å². The molecule has 0 N–H and O–H groups in total. The highest BCUT2D eigenvalue weighted by molar-refractivity contribution is 5.72. The largest absolute Gasteiger partial charge is 0.427 e. The summed E-state index contributed by atoms with van der Waals surface area (Å²) < 4.78 is 5.30. The fourth-order valence-electron chi connectivity index (χ4n) is 1.86. The first kappa shape index (κ1) is 13.3. The van der Waals surface area contributed by atoms with Crippen LogP contribution in [0.3, 0.4) is 0 Å². The first-order valence-corrected chi connectivity index (χ1v) is 6.46. The van der Waals surface area contributed by atoms with Gasteiger partial charge < -0.3 is 4.74 Å². The predicted octanol–water partition coefficient (Wildman–Crippen LogP) is 3.84. The maximum atomic E-state index is 11.7. The van der Waals surface area contributed by atoms with Gasteiger partial charge in [0, 0.05) is 6.42 Å². The van der Waals surface area contributed by atoms with E-state index >= 15 is 0 Å². The lowest BCUT2D eigenvalue weighted by molar-refractivity contribution is -0.134. The average Bonchev–Trinajstić information content (AvgIpc) is 2.38. The molecule has 0 unspecified atom stereocenters. The molecule has 0 aliphatic heterocycles. The van der Waals surface area contributed by atoms with E-state index in [1.165, 1.54) is 5.56 Å². The number of carbonyl (C=O) groups excluding carboxylic acids is 1. The van der Waals surface area contributed by atoms with E-state index in [4.69, 9.17) is 4.74 Å². The Kier molecular flexibility index (Phi) is 4.35. The van der Waals surface area contributed by atoms with Crippen LogP contribution in [-0.4, -0.2) is 5.97 Å². The number of hydrogen-bond donors (Lipinski definition) is 0. The van der Waals surface area contributed by atoms with Gasteiger partial charge in [-0.3, -0.25) is 4.79 Å². The van der Waals surface area contributed by atoms with Crippen LogP contribution in [0.5, 0.6) is 5.75 Å². The third-order valence-corrected chi connectivity index (χ3v) is 2.96.